The lowest BCUT2D eigenvalue weighted by molar-refractivity contribution is -0.302. The third-order valence-electron chi connectivity index (χ3n) is 17.7. The fourth-order valence-electron chi connectivity index (χ4n) is 12.0. The van der Waals surface area contributed by atoms with Gasteiger partial charge in [0.1, 0.15) is 24.4 Å². The molecule has 1 rings (SSSR count). The Morgan fingerprint density at radius 2 is 0.687 bits per heavy atom. The van der Waals surface area contributed by atoms with Gasteiger partial charge >= 0.3 is 0 Å². The molecule has 0 aromatic rings. The van der Waals surface area contributed by atoms with E-state index in [4.69, 9.17) is 9.47 Å². The summed E-state index contributed by atoms with van der Waals surface area (Å²) < 4.78 is 11.3. The van der Waals surface area contributed by atoms with Gasteiger partial charge in [-0.05, 0) is 44.9 Å². The van der Waals surface area contributed by atoms with Gasteiger partial charge in [0.05, 0.1) is 25.4 Å². The number of aliphatic hydroxyl groups is 5. The fourth-order valence-corrected chi connectivity index (χ4v) is 12.0. The Labute approximate surface area is 514 Å². The van der Waals surface area contributed by atoms with Crippen molar-refractivity contribution in [3.8, 4) is 0 Å². The minimum Gasteiger partial charge on any atom is -0.394 e. The molecule has 1 saturated heterocycles. The summed E-state index contributed by atoms with van der Waals surface area (Å²) in [7, 11) is 0. The van der Waals surface area contributed by atoms with Crippen LogP contribution in [0, 0.1) is 0 Å². The number of hydrogen-bond acceptors (Lipinski definition) is 8. The summed E-state index contributed by atoms with van der Waals surface area (Å²) in [5.74, 6) is -0.183. The molecule has 83 heavy (non-hydrogen) atoms. The highest BCUT2D eigenvalue weighted by Gasteiger charge is 2.44. The zero-order chi connectivity index (χ0) is 60.0. The van der Waals surface area contributed by atoms with E-state index in [0.29, 0.717) is 6.42 Å². The molecule has 0 aromatic carbocycles. The standard InChI is InChI=1S/C74H141NO8/c1-3-5-7-9-11-13-15-17-19-21-23-25-27-29-30-31-32-33-34-35-36-37-38-39-40-42-44-46-48-50-52-54-56-58-60-62-64-70(78)75-67(66-82-74-73(81)72(80)71(79)69(65-76)83-74)68(77)63-61-59-57-55-53-51-49-47-45-43-41-28-26-24-22-20-18-16-14-12-10-8-6-4-2/h45,47,53,55,61,63,67-69,71-74,76-77,79-81H,3-44,46,48-52,54,56-60,62,64-66H2,1-2H3,(H,75,78)/b47-45+,55-53+,63-61+. The van der Waals surface area contributed by atoms with Gasteiger partial charge in [-0.2, -0.15) is 0 Å². The van der Waals surface area contributed by atoms with Crippen LogP contribution in [0.25, 0.3) is 0 Å². The molecule has 490 valence electrons. The van der Waals surface area contributed by atoms with E-state index >= 15 is 0 Å². The van der Waals surface area contributed by atoms with Crippen molar-refractivity contribution in [1.82, 2.24) is 5.32 Å². The second-order valence-electron chi connectivity index (χ2n) is 25.7. The Morgan fingerprint density at radius 3 is 1.01 bits per heavy atom. The van der Waals surface area contributed by atoms with E-state index in [2.05, 4.69) is 43.5 Å². The molecule has 0 bridgehead atoms. The first-order valence-electron chi connectivity index (χ1n) is 36.7. The van der Waals surface area contributed by atoms with Crippen LogP contribution in [-0.4, -0.2) is 87.5 Å². The average molecular weight is 1170 g/mol. The number of hydrogen-bond donors (Lipinski definition) is 6. The second-order valence-corrected chi connectivity index (χ2v) is 25.7. The summed E-state index contributed by atoms with van der Waals surface area (Å²) in [4.78, 5) is 13.1. The normalized spacial score (nSPS) is 18.4. The van der Waals surface area contributed by atoms with Gasteiger partial charge in [0.2, 0.25) is 5.91 Å². The second kappa shape index (κ2) is 63.4. The highest BCUT2D eigenvalue weighted by Crippen LogP contribution is 2.24. The molecule has 0 radical (unpaired) electrons. The van der Waals surface area contributed by atoms with Gasteiger partial charge in [0.15, 0.2) is 6.29 Å². The summed E-state index contributed by atoms with van der Waals surface area (Å²) in [6.45, 7) is 3.81. The van der Waals surface area contributed by atoms with Crippen molar-refractivity contribution in [1.29, 1.82) is 0 Å². The van der Waals surface area contributed by atoms with Gasteiger partial charge in [-0.25, -0.2) is 0 Å². The molecule has 7 unspecified atom stereocenters. The van der Waals surface area contributed by atoms with Crippen LogP contribution in [0.3, 0.4) is 0 Å². The van der Waals surface area contributed by atoms with Crippen molar-refractivity contribution in [2.24, 2.45) is 0 Å². The maximum atomic E-state index is 13.1. The van der Waals surface area contributed by atoms with Crippen molar-refractivity contribution >= 4 is 5.91 Å². The van der Waals surface area contributed by atoms with Crippen molar-refractivity contribution in [3.05, 3.63) is 36.5 Å². The van der Waals surface area contributed by atoms with Gasteiger partial charge in [-0.1, -0.05) is 359 Å². The van der Waals surface area contributed by atoms with Gasteiger partial charge in [0, 0.05) is 6.42 Å². The summed E-state index contributed by atoms with van der Waals surface area (Å²) >= 11 is 0. The SMILES string of the molecule is CCCCCCCCCCCCCCCC/C=C/CC/C=C/CC/C=C/C(O)C(COC1OC(CO)C(O)C(O)C1O)NC(=O)CCCCCCCCCCCCCCCCCCCCCCCCCCCCCCCCCCCCCC. The molecular formula is C74H141NO8. The largest absolute Gasteiger partial charge is 0.394 e. The third-order valence-corrected chi connectivity index (χ3v) is 17.7. The number of carbonyl (C=O) groups excluding carboxylic acids is 1. The highest BCUT2D eigenvalue weighted by molar-refractivity contribution is 5.76. The van der Waals surface area contributed by atoms with Gasteiger partial charge in [0.25, 0.3) is 0 Å². The van der Waals surface area contributed by atoms with Crippen LogP contribution >= 0.6 is 0 Å². The number of allylic oxidation sites excluding steroid dienone is 5. The quantitative estimate of drug-likeness (QED) is 0.0261. The van der Waals surface area contributed by atoms with Gasteiger partial charge in [-0.15, -0.1) is 0 Å². The van der Waals surface area contributed by atoms with E-state index in [1.165, 1.54) is 308 Å². The van der Waals surface area contributed by atoms with Gasteiger partial charge in [-0.3, -0.25) is 4.79 Å². The lowest BCUT2D eigenvalue weighted by atomic mass is 9.99. The van der Waals surface area contributed by atoms with Gasteiger partial charge < -0.3 is 40.3 Å². The molecule has 0 spiro atoms. The molecule has 1 fully saturated rings. The first kappa shape index (κ1) is 79.4. The number of unbranched alkanes of at least 4 members (excludes halogenated alkanes) is 51. The predicted molar refractivity (Wildman–Crippen MR) is 355 cm³/mol. The molecule has 9 heteroatoms. The zero-order valence-corrected chi connectivity index (χ0v) is 55.0. The average Bonchev–Trinajstić information content (AvgIpc) is 3.50. The van der Waals surface area contributed by atoms with E-state index in [1.807, 2.05) is 6.08 Å². The summed E-state index contributed by atoms with van der Waals surface area (Å²) in [6, 6.07) is -0.828. The molecule has 9 nitrogen and oxygen atoms in total. The minimum atomic E-state index is -1.57. The van der Waals surface area contributed by atoms with Crippen LogP contribution in [0.2, 0.25) is 0 Å². The van der Waals surface area contributed by atoms with Crippen molar-refractivity contribution in [2.45, 2.75) is 416 Å². The Balaban J connectivity index is 2.10. The molecule has 6 N–H and O–H groups in total. The van der Waals surface area contributed by atoms with E-state index < -0.39 is 49.5 Å². The molecule has 0 aliphatic carbocycles. The number of aliphatic hydroxyl groups excluding tert-OH is 5. The third kappa shape index (κ3) is 52.1. The Kier molecular flexibility index (Phi) is 60.7. The zero-order valence-electron chi connectivity index (χ0n) is 55.0. The Morgan fingerprint density at radius 1 is 0.398 bits per heavy atom. The van der Waals surface area contributed by atoms with E-state index in [9.17, 15) is 30.3 Å². The van der Waals surface area contributed by atoms with Crippen molar-refractivity contribution in [2.75, 3.05) is 13.2 Å². The molecule has 7 atom stereocenters. The van der Waals surface area contributed by atoms with Crippen molar-refractivity contribution < 1.29 is 39.8 Å². The lowest BCUT2D eigenvalue weighted by Gasteiger charge is -2.40. The van der Waals surface area contributed by atoms with Crippen LogP contribution < -0.4 is 5.32 Å². The summed E-state index contributed by atoms with van der Waals surface area (Å²) in [5.41, 5.74) is 0. The number of carbonyl (C=O) groups is 1. The first-order valence-corrected chi connectivity index (χ1v) is 36.7. The van der Waals surface area contributed by atoms with Crippen molar-refractivity contribution in [3.63, 3.8) is 0 Å². The molecule has 1 aliphatic heterocycles. The molecule has 0 aromatic heterocycles. The fraction of sp³-hybridized carbons (Fsp3) is 0.905. The maximum Gasteiger partial charge on any atom is 0.220 e. The Bertz CT molecular complexity index is 1410. The smallest absolute Gasteiger partial charge is 0.220 e. The number of amides is 1. The van der Waals surface area contributed by atoms with E-state index in [-0.39, 0.29) is 12.5 Å². The summed E-state index contributed by atoms with van der Waals surface area (Å²) in [6.07, 6.45) is 78.5. The first-order chi connectivity index (χ1) is 40.8. The van der Waals surface area contributed by atoms with Crippen LogP contribution in [-0.2, 0) is 14.3 Å². The van der Waals surface area contributed by atoms with E-state index in [0.717, 1.165) is 44.9 Å². The van der Waals surface area contributed by atoms with Crippen LogP contribution in [0.4, 0.5) is 0 Å². The van der Waals surface area contributed by atoms with Crippen LogP contribution in [0.1, 0.15) is 373 Å². The van der Waals surface area contributed by atoms with E-state index in [1.54, 1.807) is 6.08 Å². The topological polar surface area (TPSA) is 149 Å². The highest BCUT2D eigenvalue weighted by atomic mass is 16.7. The minimum absolute atomic E-state index is 0.183. The molecule has 1 heterocycles. The molecule has 0 saturated carbocycles. The monoisotopic (exact) mass is 1170 g/mol. The predicted octanol–water partition coefficient (Wildman–Crippen LogP) is 20.2. The summed E-state index contributed by atoms with van der Waals surface area (Å²) in [5, 5.41) is 54.7. The molecular weight excluding hydrogens is 1030 g/mol. The van der Waals surface area contributed by atoms with Crippen LogP contribution in [0.15, 0.2) is 36.5 Å². The number of ether oxygens (including phenoxy) is 2. The molecule has 1 amide bonds. The Hall–Kier alpha value is -1.59. The number of rotatable bonds is 65. The molecule has 1 aliphatic rings. The lowest BCUT2D eigenvalue weighted by Crippen LogP contribution is -2.60. The van der Waals surface area contributed by atoms with Crippen LogP contribution in [0.5, 0.6) is 0 Å². The maximum absolute atomic E-state index is 13.1. The number of nitrogens with one attached hydrogen (secondary N) is 1.